The lowest BCUT2D eigenvalue weighted by atomic mass is 10.1. The molecule has 0 N–H and O–H groups in total. The maximum absolute atomic E-state index is 13.2. The highest BCUT2D eigenvalue weighted by Crippen LogP contribution is 2.25. The molecule has 1 aliphatic rings. The summed E-state index contributed by atoms with van der Waals surface area (Å²) in [5, 5.41) is 1.94. The Morgan fingerprint density at radius 3 is 2.24 bits per heavy atom. The molecule has 0 unspecified atom stereocenters. The van der Waals surface area contributed by atoms with Crippen molar-refractivity contribution in [2.45, 2.75) is 13.2 Å². The molecule has 0 atom stereocenters. The minimum atomic E-state index is -0.000397. The van der Waals surface area contributed by atoms with Gasteiger partial charge in [-0.05, 0) is 60.2 Å². The summed E-state index contributed by atoms with van der Waals surface area (Å²) >= 11 is 18.2. The van der Waals surface area contributed by atoms with E-state index in [1.54, 1.807) is 43.5 Å². The van der Waals surface area contributed by atoms with Gasteiger partial charge in [0.15, 0.2) is 0 Å². The number of halogens is 3. The zero-order valence-electron chi connectivity index (χ0n) is 18.8. The summed E-state index contributed by atoms with van der Waals surface area (Å²) in [4.78, 5) is 17.4. The Labute approximate surface area is 214 Å². The average Bonchev–Trinajstić information content (AvgIpc) is 2.85. The van der Waals surface area contributed by atoms with Crippen LogP contribution in [0.25, 0.3) is 0 Å². The summed E-state index contributed by atoms with van der Waals surface area (Å²) in [6, 6.07) is 18.2. The molecule has 0 radical (unpaired) electrons. The number of hydrogen-bond acceptors (Lipinski definition) is 4. The lowest BCUT2D eigenvalue weighted by molar-refractivity contribution is 0.0628. The van der Waals surface area contributed by atoms with Gasteiger partial charge in [0.05, 0.1) is 7.11 Å². The van der Waals surface area contributed by atoms with Crippen molar-refractivity contribution in [1.29, 1.82) is 0 Å². The zero-order chi connectivity index (χ0) is 24.1. The topological polar surface area (TPSA) is 42.0 Å². The molecule has 1 saturated heterocycles. The first-order chi connectivity index (χ1) is 16.4. The Morgan fingerprint density at radius 2 is 1.56 bits per heavy atom. The van der Waals surface area contributed by atoms with Crippen LogP contribution in [0.3, 0.4) is 0 Å². The number of rotatable bonds is 7. The second-order valence-electron chi connectivity index (χ2n) is 8.07. The molecule has 4 rings (SSSR count). The van der Waals surface area contributed by atoms with Crippen LogP contribution in [-0.2, 0) is 13.2 Å². The number of amides is 1. The van der Waals surface area contributed by atoms with Crippen molar-refractivity contribution in [3.05, 3.63) is 92.4 Å². The van der Waals surface area contributed by atoms with Gasteiger partial charge in [0.25, 0.3) is 5.91 Å². The van der Waals surface area contributed by atoms with E-state index >= 15 is 0 Å². The molecule has 0 aromatic heterocycles. The van der Waals surface area contributed by atoms with E-state index in [2.05, 4.69) is 4.90 Å². The fourth-order valence-corrected chi connectivity index (χ4v) is 4.49. The number of nitrogens with zero attached hydrogens (tertiary/aromatic N) is 2. The van der Waals surface area contributed by atoms with E-state index in [4.69, 9.17) is 44.3 Å². The van der Waals surface area contributed by atoms with E-state index in [0.29, 0.717) is 45.2 Å². The van der Waals surface area contributed by atoms with Crippen LogP contribution in [0.15, 0.2) is 60.7 Å². The molecule has 8 heteroatoms. The van der Waals surface area contributed by atoms with Crippen LogP contribution in [0.5, 0.6) is 11.5 Å². The van der Waals surface area contributed by atoms with E-state index in [1.807, 2.05) is 29.2 Å². The van der Waals surface area contributed by atoms with Gasteiger partial charge in [-0.3, -0.25) is 9.69 Å². The number of carbonyl (C=O) groups is 1. The van der Waals surface area contributed by atoms with Crippen LogP contribution in [0.2, 0.25) is 15.1 Å². The van der Waals surface area contributed by atoms with Gasteiger partial charge in [0.1, 0.15) is 18.1 Å². The first kappa shape index (κ1) is 24.7. The highest BCUT2D eigenvalue weighted by atomic mass is 35.5. The van der Waals surface area contributed by atoms with Gasteiger partial charge in [0.2, 0.25) is 0 Å². The highest BCUT2D eigenvalue weighted by molar-refractivity contribution is 6.35. The minimum absolute atomic E-state index is 0.000397. The Morgan fingerprint density at radius 1 is 0.853 bits per heavy atom. The van der Waals surface area contributed by atoms with Gasteiger partial charge in [-0.25, -0.2) is 0 Å². The highest BCUT2D eigenvalue weighted by Gasteiger charge is 2.23. The van der Waals surface area contributed by atoms with Gasteiger partial charge in [-0.1, -0.05) is 40.9 Å². The summed E-state index contributed by atoms with van der Waals surface area (Å²) in [6.07, 6.45) is 0. The normalized spacial score (nSPS) is 14.2. The average molecular weight is 520 g/mol. The lowest BCUT2D eigenvalue weighted by Crippen LogP contribution is -2.48. The number of carbonyl (C=O) groups excluding carboxylic acids is 1. The molecule has 1 aliphatic heterocycles. The van der Waals surface area contributed by atoms with Crippen LogP contribution in [0.1, 0.15) is 21.5 Å². The summed E-state index contributed by atoms with van der Waals surface area (Å²) in [6.45, 7) is 3.84. The van der Waals surface area contributed by atoms with Gasteiger partial charge in [-0.15, -0.1) is 0 Å². The molecule has 1 fully saturated rings. The predicted molar refractivity (Wildman–Crippen MR) is 136 cm³/mol. The van der Waals surface area contributed by atoms with Crippen molar-refractivity contribution >= 4 is 40.7 Å². The Bertz CT molecular complexity index is 1150. The molecule has 3 aromatic rings. The number of ether oxygens (including phenoxy) is 2. The van der Waals surface area contributed by atoms with Gasteiger partial charge in [-0.2, -0.15) is 0 Å². The van der Waals surface area contributed by atoms with Gasteiger partial charge >= 0.3 is 0 Å². The standard InChI is InChI=1S/C26H25Cl3N2O3/c1-33-25-9-3-18(14-20(25)17-34-23-7-5-21(27)6-8-23)26(32)31-12-10-30(11-13-31)16-19-2-4-22(28)15-24(19)29/h2-9,14-15H,10-13,16-17H2,1H3. The molecule has 178 valence electrons. The first-order valence-corrected chi connectivity index (χ1v) is 12.1. The third-order valence-electron chi connectivity index (χ3n) is 5.80. The van der Waals surface area contributed by atoms with Crippen LogP contribution in [-0.4, -0.2) is 49.0 Å². The van der Waals surface area contributed by atoms with Gasteiger partial charge < -0.3 is 14.4 Å². The second kappa shape index (κ2) is 11.3. The SMILES string of the molecule is COc1ccc(C(=O)N2CCN(Cc3ccc(Cl)cc3Cl)CC2)cc1COc1ccc(Cl)cc1. The summed E-state index contributed by atoms with van der Waals surface area (Å²) in [5.41, 5.74) is 2.45. The molecule has 5 nitrogen and oxygen atoms in total. The van der Waals surface area contributed by atoms with E-state index in [1.165, 1.54) is 0 Å². The quantitative estimate of drug-likeness (QED) is 0.373. The Hall–Kier alpha value is -2.44. The number of hydrogen-bond donors (Lipinski definition) is 0. The zero-order valence-corrected chi connectivity index (χ0v) is 21.0. The van der Waals surface area contributed by atoms with Crippen molar-refractivity contribution in [1.82, 2.24) is 9.80 Å². The summed E-state index contributed by atoms with van der Waals surface area (Å²) in [7, 11) is 1.61. The summed E-state index contributed by atoms with van der Waals surface area (Å²) < 4.78 is 11.3. The van der Waals surface area contributed by atoms with Crippen LogP contribution in [0, 0.1) is 0 Å². The minimum Gasteiger partial charge on any atom is -0.496 e. The molecular weight excluding hydrogens is 495 g/mol. The maximum Gasteiger partial charge on any atom is 0.253 e. The maximum atomic E-state index is 13.2. The molecule has 3 aromatic carbocycles. The molecular formula is C26H25Cl3N2O3. The molecule has 0 spiro atoms. The molecule has 1 amide bonds. The first-order valence-electron chi connectivity index (χ1n) is 10.9. The Kier molecular flexibility index (Phi) is 8.22. The number of piperazine rings is 1. The molecule has 1 heterocycles. The van der Waals surface area contributed by atoms with Crippen molar-refractivity contribution in [3.8, 4) is 11.5 Å². The van der Waals surface area contributed by atoms with Crippen LogP contribution < -0.4 is 9.47 Å². The fourth-order valence-electron chi connectivity index (χ4n) is 3.90. The second-order valence-corrected chi connectivity index (χ2v) is 9.35. The van der Waals surface area contributed by atoms with Crippen molar-refractivity contribution < 1.29 is 14.3 Å². The predicted octanol–water partition coefficient (Wildman–Crippen LogP) is 6.19. The number of methoxy groups -OCH3 is 1. The molecule has 34 heavy (non-hydrogen) atoms. The van der Waals surface area contributed by atoms with E-state index in [0.717, 1.165) is 30.8 Å². The number of benzene rings is 3. The van der Waals surface area contributed by atoms with Crippen molar-refractivity contribution in [2.24, 2.45) is 0 Å². The van der Waals surface area contributed by atoms with Gasteiger partial charge in [0, 0.05) is 58.9 Å². The third kappa shape index (κ3) is 6.16. The summed E-state index contributed by atoms with van der Waals surface area (Å²) in [5.74, 6) is 1.37. The van der Waals surface area contributed by atoms with E-state index in [9.17, 15) is 4.79 Å². The molecule has 0 saturated carbocycles. The third-order valence-corrected chi connectivity index (χ3v) is 6.64. The largest absolute Gasteiger partial charge is 0.496 e. The molecule has 0 bridgehead atoms. The Balaban J connectivity index is 1.37. The van der Waals surface area contributed by atoms with E-state index < -0.39 is 0 Å². The molecule has 0 aliphatic carbocycles. The van der Waals surface area contributed by atoms with Crippen molar-refractivity contribution in [2.75, 3.05) is 33.3 Å². The van der Waals surface area contributed by atoms with Crippen LogP contribution >= 0.6 is 34.8 Å². The lowest BCUT2D eigenvalue weighted by Gasteiger charge is -2.35. The smallest absolute Gasteiger partial charge is 0.253 e. The fraction of sp³-hybridized carbons (Fsp3) is 0.269. The monoisotopic (exact) mass is 518 g/mol. The van der Waals surface area contributed by atoms with E-state index in [-0.39, 0.29) is 12.5 Å². The van der Waals surface area contributed by atoms with Crippen molar-refractivity contribution in [3.63, 3.8) is 0 Å². The van der Waals surface area contributed by atoms with Crippen LogP contribution in [0.4, 0.5) is 0 Å².